The van der Waals surface area contributed by atoms with Crippen molar-refractivity contribution in [1.82, 2.24) is 9.78 Å². The maximum Gasteiger partial charge on any atom is 0.287 e. The zero-order chi connectivity index (χ0) is 13.9. The summed E-state index contributed by atoms with van der Waals surface area (Å²) in [4.78, 5) is 11.8. The molecule has 7 heteroatoms. The molecular weight excluding hydrogens is 270 g/mol. The number of nitrogens with zero attached hydrogens (tertiary/aromatic N) is 2. The predicted molar refractivity (Wildman–Crippen MR) is 72.5 cm³/mol. The molecule has 0 saturated heterocycles. The maximum atomic E-state index is 11.8. The first kappa shape index (κ1) is 14.3. The van der Waals surface area contributed by atoms with Gasteiger partial charge in [0.05, 0.1) is 30.6 Å². The first-order valence-corrected chi connectivity index (χ1v) is 6.76. The van der Waals surface area contributed by atoms with Crippen LogP contribution in [0.5, 0.6) is 0 Å². The molecule has 0 spiro atoms. The van der Waals surface area contributed by atoms with E-state index in [1.54, 1.807) is 0 Å². The summed E-state index contributed by atoms with van der Waals surface area (Å²) in [6.07, 6.45) is 4.99. The highest BCUT2D eigenvalue weighted by molar-refractivity contribution is 6.32. The van der Waals surface area contributed by atoms with E-state index in [1.807, 2.05) is 0 Å². The molecule has 1 aliphatic carbocycles. The molecule has 3 N–H and O–H groups in total. The zero-order valence-electron chi connectivity index (χ0n) is 10.6. The lowest BCUT2D eigenvalue weighted by molar-refractivity contribution is 0.0614. The topological polar surface area (TPSA) is 87.4 Å². The molecule has 6 nitrogen and oxygen atoms in total. The van der Waals surface area contributed by atoms with E-state index in [2.05, 4.69) is 10.4 Å². The van der Waals surface area contributed by atoms with Crippen LogP contribution in [0.3, 0.4) is 0 Å². The van der Waals surface area contributed by atoms with Crippen molar-refractivity contribution in [3.8, 4) is 0 Å². The fourth-order valence-electron chi connectivity index (χ4n) is 2.31. The summed E-state index contributed by atoms with van der Waals surface area (Å²) in [5.41, 5.74) is -0.746. The molecule has 1 saturated carbocycles. The fourth-order valence-corrected chi connectivity index (χ4v) is 2.53. The van der Waals surface area contributed by atoms with Gasteiger partial charge < -0.3 is 15.5 Å². The second kappa shape index (κ2) is 5.90. The van der Waals surface area contributed by atoms with E-state index >= 15 is 0 Å². The van der Waals surface area contributed by atoms with Crippen molar-refractivity contribution < 1.29 is 10.2 Å². The van der Waals surface area contributed by atoms with Crippen LogP contribution in [0.1, 0.15) is 25.7 Å². The molecule has 0 bridgehead atoms. The van der Waals surface area contributed by atoms with Crippen LogP contribution in [-0.4, -0.2) is 38.7 Å². The first-order valence-electron chi connectivity index (χ1n) is 6.38. The van der Waals surface area contributed by atoms with Crippen molar-refractivity contribution in [2.24, 2.45) is 0 Å². The Morgan fingerprint density at radius 1 is 1.47 bits per heavy atom. The number of aromatic nitrogens is 2. The molecule has 1 fully saturated rings. The third kappa shape index (κ3) is 3.26. The number of rotatable bonds is 5. The lowest BCUT2D eigenvalue weighted by atomic mass is 10.0. The molecule has 1 aromatic heterocycles. The largest absolute Gasteiger partial charge is 0.394 e. The van der Waals surface area contributed by atoms with Crippen LogP contribution >= 0.6 is 11.6 Å². The second-order valence-electron chi connectivity index (χ2n) is 4.91. The van der Waals surface area contributed by atoms with Crippen LogP contribution in [0, 0.1) is 0 Å². The Labute approximate surface area is 116 Å². The van der Waals surface area contributed by atoms with Gasteiger partial charge in [0.1, 0.15) is 5.02 Å². The van der Waals surface area contributed by atoms with Gasteiger partial charge in [-0.3, -0.25) is 4.79 Å². The Kier molecular flexibility index (Phi) is 4.44. The van der Waals surface area contributed by atoms with E-state index in [0.717, 1.165) is 30.4 Å². The maximum absolute atomic E-state index is 11.8. The molecule has 106 valence electrons. The van der Waals surface area contributed by atoms with Crippen LogP contribution in [0.2, 0.25) is 5.02 Å². The predicted octanol–water partition coefficient (Wildman–Crippen LogP) is 0.606. The quantitative estimate of drug-likeness (QED) is 0.738. The molecule has 0 atom stereocenters. The van der Waals surface area contributed by atoms with Gasteiger partial charge in [-0.15, -0.1) is 0 Å². The van der Waals surface area contributed by atoms with Gasteiger partial charge in [0.15, 0.2) is 0 Å². The first-order chi connectivity index (χ1) is 9.06. The summed E-state index contributed by atoms with van der Waals surface area (Å²) in [5, 5.41) is 25.9. The minimum atomic E-state index is -0.719. The highest BCUT2D eigenvalue weighted by Crippen LogP contribution is 2.30. The standard InChI is InChI=1S/C12H18ClN3O3/c13-10-9(7-15-16(5-6-17)11(10)18)14-8-12(19)3-1-2-4-12/h7,14,17,19H,1-6,8H2. The van der Waals surface area contributed by atoms with Crippen LogP contribution in [0.4, 0.5) is 5.69 Å². The number of halogens is 1. The normalized spacial score (nSPS) is 17.6. The molecule has 1 heterocycles. The lowest BCUT2D eigenvalue weighted by Gasteiger charge is -2.23. The summed E-state index contributed by atoms with van der Waals surface area (Å²) in [6, 6.07) is 0. The number of hydrogen-bond acceptors (Lipinski definition) is 5. The van der Waals surface area contributed by atoms with Crippen molar-refractivity contribution in [2.75, 3.05) is 18.5 Å². The number of aliphatic hydroxyl groups excluding tert-OH is 1. The Bertz CT molecular complexity index is 497. The van der Waals surface area contributed by atoms with Crippen molar-refractivity contribution in [2.45, 2.75) is 37.8 Å². The summed E-state index contributed by atoms with van der Waals surface area (Å²) >= 11 is 5.97. The van der Waals surface area contributed by atoms with E-state index in [0.29, 0.717) is 12.2 Å². The highest BCUT2D eigenvalue weighted by atomic mass is 35.5. The monoisotopic (exact) mass is 287 g/mol. The molecule has 1 aromatic rings. The van der Waals surface area contributed by atoms with Gasteiger partial charge in [0.2, 0.25) is 0 Å². The average molecular weight is 288 g/mol. The molecule has 19 heavy (non-hydrogen) atoms. The van der Waals surface area contributed by atoms with Crippen molar-refractivity contribution in [3.63, 3.8) is 0 Å². The highest BCUT2D eigenvalue weighted by Gasteiger charge is 2.30. The van der Waals surface area contributed by atoms with Gasteiger partial charge in [0, 0.05) is 6.54 Å². The van der Waals surface area contributed by atoms with Crippen molar-refractivity contribution >= 4 is 17.3 Å². The molecule has 2 rings (SSSR count). The minimum absolute atomic E-state index is 0.0325. The summed E-state index contributed by atoms with van der Waals surface area (Å²) in [5.74, 6) is 0. The number of nitrogens with one attached hydrogen (secondary N) is 1. The van der Waals surface area contributed by atoms with Gasteiger partial charge >= 0.3 is 0 Å². The van der Waals surface area contributed by atoms with Gasteiger partial charge in [-0.1, -0.05) is 24.4 Å². The summed E-state index contributed by atoms with van der Waals surface area (Å²) in [6.45, 7) is 0.302. The third-order valence-corrected chi connectivity index (χ3v) is 3.80. The Balaban J connectivity index is 2.09. The summed E-state index contributed by atoms with van der Waals surface area (Å²) < 4.78 is 1.11. The van der Waals surface area contributed by atoms with Crippen molar-refractivity contribution in [3.05, 3.63) is 21.6 Å². The van der Waals surface area contributed by atoms with Gasteiger partial charge in [0.25, 0.3) is 5.56 Å². The Hall–Kier alpha value is -1.11. The van der Waals surface area contributed by atoms with Crippen molar-refractivity contribution in [1.29, 1.82) is 0 Å². The van der Waals surface area contributed by atoms with Crippen LogP contribution in [0.15, 0.2) is 11.0 Å². The second-order valence-corrected chi connectivity index (χ2v) is 5.29. The Morgan fingerprint density at radius 3 is 2.79 bits per heavy atom. The molecule has 0 radical (unpaired) electrons. The number of anilines is 1. The molecule has 0 amide bonds. The van der Waals surface area contributed by atoms with Crippen LogP contribution < -0.4 is 10.9 Å². The fraction of sp³-hybridized carbons (Fsp3) is 0.667. The van der Waals surface area contributed by atoms with E-state index < -0.39 is 11.2 Å². The third-order valence-electron chi connectivity index (χ3n) is 3.44. The molecular formula is C12H18ClN3O3. The minimum Gasteiger partial charge on any atom is -0.394 e. The van der Waals surface area contributed by atoms with E-state index in [-0.39, 0.29) is 18.2 Å². The van der Waals surface area contributed by atoms with Crippen LogP contribution in [-0.2, 0) is 6.54 Å². The number of aliphatic hydroxyl groups is 2. The smallest absolute Gasteiger partial charge is 0.287 e. The number of hydrogen-bond donors (Lipinski definition) is 3. The molecule has 0 aromatic carbocycles. The zero-order valence-corrected chi connectivity index (χ0v) is 11.4. The Morgan fingerprint density at radius 2 is 2.16 bits per heavy atom. The lowest BCUT2D eigenvalue weighted by Crippen LogP contribution is -2.34. The van der Waals surface area contributed by atoms with Gasteiger partial charge in [-0.05, 0) is 12.8 Å². The van der Waals surface area contributed by atoms with E-state index in [9.17, 15) is 9.90 Å². The van der Waals surface area contributed by atoms with Gasteiger partial charge in [-0.25, -0.2) is 4.68 Å². The van der Waals surface area contributed by atoms with Crippen LogP contribution in [0.25, 0.3) is 0 Å². The SMILES string of the molecule is O=c1c(Cl)c(NCC2(O)CCCC2)cnn1CCO. The molecule has 1 aliphatic rings. The van der Waals surface area contributed by atoms with E-state index in [4.69, 9.17) is 16.7 Å². The molecule has 0 aliphatic heterocycles. The van der Waals surface area contributed by atoms with Gasteiger partial charge in [-0.2, -0.15) is 5.10 Å². The molecule has 0 unspecified atom stereocenters. The average Bonchev–Trinajstić information content (AvgIpc) is 2.82. The summed E-state index contributed by atoms with van der Waals surface area (Å²) in [7, 11) is 0. The van der Waals surface area contributed by atoms with E-state index in [1.165, 1.54) is 6.20 Å².